The lowest BCUT2D eigenvalue weighted by Gasteiger charge is -2.79. The molecule has 8 bridgehead atoms. The maximum atomic E-state index is 2.66. The van der Waals surface area contributed by atoms with Gasteiger partial charge in [-0.25, -0.2) is 0 Å². The third kappa shape index (κ3) is 9.69. The van der Waals surface area contributed by atoms with Crippen LogP contribution in [0.4, 0.5) is 0 Å². The van der Waals surface area contributed by atoms with Crippen molar-refractivity contribution in [3.05, 3.63) is 235 Å². The minimum absolute atomic E-state index is 0.0162. The van der Waals surface area contributed by atoms with Crippen LogP contribution >= 0.6 is 0 Å². The minimum Gasteiger partial charge on any atom is -0.0871 e. The lowest BCUT2D eigenvalue weighted by molar-refractivity contribution is -0.231. The van der Waals surface area contributed by atoms with Crippen molar-refractivity contribution in [3.63, 3.8) is 0 Å². The Morgan fingerprint density at radius 1 is 0.225 bits per heavy atom. The lowest BCUT2D eigenvalue weighted by atomic mass is 9.24. The third-order valence-electron chi connectivity index (χ3n) is 20.8. The molecule has 0 heterocycles. The van der Waals surface area contributed by atoms with Gasteiger partial charge in [0.1, 0.15) is 0 Å². The Hall–Kier alpha value is -6.50. The van der Waals surface area contributed by atoms with Gasteiger partial charge in [0.05, 0.1) is 0 Å². The Morgan fingerprint density at radius 3 is 0.625 bits per heavy atom. The van der Waals surface area contributed by atoms with Crippen molar-refractivity contribution in [2.75, 3.05) is 0 Å². The van der Waals surface area contributed by atoms with Gasteiger partial charge < -0.3 is 0 Å². The number of benzene rings is 5. The van der Waals surface area contributed by atoms with Crippen LogP contribution in [-0.2, 0) is 27.1 Å². The molecule has 80 heavy (non-hydrogen) atoms. The summed E-state index contributed by atoms with van der Waals surface area (Å²) in [6.45, 7) is 21.9. The number of hydrogen-bond donors (Lipinski definition) is 0. The average Bonchev–Trinajstić information content (AvgIpc) is 3.49. The fraction of sp³-hybridized carbons (Fsp3) is 0.375. The van der Waals surface area contributed by atoms with Gasteiger partial charge in [0, 0.05) is 0 Å². The summed E-state index contributed by atoms with van der Waals surface area (Å²) in [6.07, 6.45) is 60.9. The summed E-state index contributed by atoms with van der Waals surface area (Å²) in [4.78, 5) is 0. The van der Waals surface area contributed by atoms with E-state index in [0.29, 0.717) is 5.92 Å². The molecule has 0 saturated heterocycles. The Bertz CT molecular complexity index is 3030. The van der Waals surface area contributed by atoms with E-state index in [0.717, 1.165) is 19.3 Å². The van der Waals surface area contributed by atoms with E-state index >= 15 is 0 Å². The number of rotatable bonds is 16. The van der Waals surface area contributed by atoms with E-state index in [4.69, 9.17) is 0 Å². The van der Waals surface area contributed by atoms with Crippen LogP contribution in [0.15, 0.2) is 152 Å². The van der Waals surface area contributed by atoms with Gasteiger partial charge in [-0.15, -0.1) is 0 Å². The summed E-state index contributed by atoms with van der Waals surface area (Å²) in [5, 5.41) is 0. The molecule has 2 atom stereocenters. The minimum atomic E-state index is -0.0864. The molecule has 5 aromatic carbocycles. The van der Waals surface area contributed by atoms with E-state index in [1.54, 1.807) is 27.8 Å². The van der Waals surface area contributed by atoms with Crippen LogP contribution in [0.5, 0.6) is 0 Å². The molecule has 0 aromatic heterocycles. The summed E-state index contributed by atoms with van der Waals surface area (Å²) < 4.78 is 0. The maximum absolute atomic E-state index is 2.66. The Labute approximate surface area is 483 Å². The molecule has 0 aliphatic heterocycles. The van der Waals surface area contributed by atoms with Gasteiger partial charge in [-0.2, -0.15) is 0 Å². The fourth-order valence-electron chi connectivity index (χ4n) is 19.6. The Kier molecular flexibility index (Phi) is 15.1. The van der Waals surface area contributed by atoms with Gasteiger partial charge in [-0.05, 0) is 304 Å². The molecule has 13 rings (SSSR count). The van der Waals surface area contributed by atoms with Crippen LogP contribution in [0.2, 0.25) is 0 Å². The monoisotopic (exact) mass is 1050 g/mol. The van der Waals surface area contributed by atoms with Crippen LogP contribution in [0.3, 0.4) is 0 Å². The highest BCUT2D eigenvalue weighted by Crippen LogP contribution is 2.84. The lowest BCUT2D eigenvalue weighted by Crippen LogP contribution is -2.73. The van der Waals surface area contributed by atoms with E-state index in [9.17, 15) is 0 Å². The summed E-state index contributed by atoms with van der Waals surface area (Å²) in [5.74, 6) is 0.617. The second kappa shape index (κ2) is 21.8. The summed E-state index contributed by atoms with van der Waals surface area (Å²) in [7, 11) is 0. The highest BCUT2D eigenvalue weighted by atomic mass is 14.8. The zero-order valence-corrected chi connectivity index (χ0v) is 50.3. The molecule has 0 nitrogen and oxygen atoms in total. The highest BCUT2D eigenvalue weighted by Gasteiger charge is 2.77. The van der Waals surface area contributed by atoms with Crippen LogP contribution in [0.1, 0.15) is 230 Å². The average molecular weight is 1050 g/mol. The second-order valence-corrected chi connectivity index (χ2v) is 26.5. The predicted octanol–water partition coefficient (Wildman–Crippen LogP) is 22.4. The molecule has 8 aliphatic carbocycles. The van der Waals surface area contributed by atoms with Crippen LogP contribution < -0.4 is 0 Å². The third-order valence-corrected chi connectivity index (χ3v) is 20.8. The zero-order valence-electron chi connectivity index (χ0n) is 50.3. The smallest absolute Gasteiger partial charge is 0.00241 e. The summed E-state index contributed by atoms with van der Waals surface area (Å²) in [5.41, 5.74) is 21.0. The quantitative estimate of drug-likeness (QED) is 0.0924. The van der Waals surface area contributed by atoms with E-state index in [1.165, 1.54) is 113 Å². The molecule has 0 heteroatoms. The molecule has 8 saturated carbocycles. The maximum Gasteiger partial charge on any atom is -0.00241 e. The molecule has 0 N–H and O–H groups in total. The molecule has 410 valence electrons. The van der Waals surface area contributed by atoms with Crippen molar-refractivity contribution < 1.29 is 0 Å². The van der Waals surface area contributed by atoms with Crippen molar-refractivity contribution in [1.29, 1.82) is 0 Å². The number of allylic oxidation sites excluding steroid dienone is 10. The molecule has 0 amide bonds. The van der Waals surface area contributed by atoms with Crippen LogP contribution in [0, 0.1) is 16.7 Å². The van der Waals surface area contributed by atoms with Crippen molar-refractivity contribution in [2.45, 2.75) is 173 Å². The zero-order chi connectivity index (χ0) is 56.0. The molecule has 0 spiro atoms. The molecule has 5 aromatic rings. The SMILES string of the molecule is C/C=C\c1cc(/C=C\C)cc(C23CC4CC(c5cc(/C=C\C)cc(/C=C\C)c5)(C2)CC(C25CC6(c7cc(/C=C\C)cc(/C=C\C)c7)CC(c7cc(/C=C\C)cc(/C=C\C)c7)(CC(c7cc(/C=C\C)cc(/C=C\C)c7)(C6)C2)C5)(C4)C3)c1. The summed E-state index contributed by atoms with van der Waals surface area (Å²) >= 11 is 0. The molecular formula is C80H90. The van der Waals surface area contributed by atoms with Gasteiger partial charge in [-0.1, -0.05) is 182 Å². The first kappa shape index (κ1) is 55.4. The van der Waals surface area contributed by atoms with Crippen molar-refractivity contribution in [3.8, 4) is 0 Å². The van der Waals surface area contributed by atoms with Gasteiger partial charge in [0.25, 0.3) is 0 Å². The Balaban J connectivity index is 1.27. The van der Waals surface area contributed by atoms with Gasteiger partial charge in [0.15, 0.2) is 0 Å². The van der Waals surface area contributed by atoms with Gasteiger partial charge in [0.2, 0.25) is 0 Å². The van der Waals surface area contributed by atoms with E-state index in [1.807, 2.05) is 0 Å². The predicted molar refractivity (Wildman–Crippen MR) is 351 cm³/mol. The van der Waals surface area contributed by atoms with Crippen LogP contribution in [-0.4, -0.2) is 0 Å². The molecular weight excluding hydrogens is 961 g/mol. The first-order valence-electron chi connectivity index (χ1n) is 30.8. The standard InChI is InChI=1S/C80H90/c1-11-21-58-31-59(22-12-2)37-69(36-58)74-46-68-47-75(49-74,70-38-60(23-13-3)32-61(39-70)24-14-4)54-79(48-68,53-74)80-55-76(71-40-62(25-15-5)33-63(41-71)26-16-6)50-77(56-80,72-42-64(27-17-7)34-65(43-72)28-18-8)52-78(51-76,57-80)73-44-66(29-19-9)35-67(45-73)30-20-10/h11-45,68H,46-57H2,1-10H3/b21-11-,22-12-,23-13-,24-14-,25-15-,26-16-,27-17-,28-18-,29-19-,30-20-. The second-order valence-electron chi connectivity index (χ2n) is 26.5. The molecule has 8 aliphatic rings. The summed E-state index contributed by atoms with van der Waals surface area (Å²) in [6, 6.07) is 38.7. The normalized spacial score (nSPS) is 31.0. The number of hydrogen-bond acceptors (Lipinski definition) is 0. The highest BCUT2D eigenvalue weighted by molar-refractivity contribution is 5.67. The van der Waals surface area contributed by atoms with Crippen molar-refractivity contribution in [1.82, 2.24) is 0 Å². The van der Waals surface area contributed by atoms with Crippen molar-refractivity contribution >= 4 is 60.8 Å². The largest absolute Gasteiger partial charge is 0.0871 e. The molecule has 2 unspecified atom stereocenters. The topological polar surface area (TPSA) is 0 Å². The van der Waals surface area contributed by atoms with Crippen molar-refractivity contribution in [2.24, 2.45) is 16.7 Å². The first-order chi connectivity index (χ1) is 38.7. The Morgan fingerprint density at radius 2 is 0.412 bits per heavy atom. The van der Waals surface area contributed by atoms with E-state index in [-0.39, 0.29) is 37.9 Å². The van der Waals surface area contributed by atoms with E-state index < -0.39 is 0 Å². The fourth-order valence-corrected chi connectivity index (χ4v) is 19.6. The van der Waals surface area contributed by atoms with Gasteiger partial charge in [-0.3, -0.25) is 0 Å². The molecule has 8 fully saturated rings. The van der Waals surface area contributed by atoms with Crippen LogP contribution in [0.25, 0.3) is 60.8 Å². The first-order valence-corrected chi connectivity index (χ1v) is 30.8. The van der Waals surface area contributed by atoms with E-state index in [2.05, 4.69) is 282 Å². The molecule has 0 radical (unpaired) electrons. The van der Waals surface area contributed by atoms with Gasteiger partial charge >= 0.3 is 0 Å².